The van der Waals surface area contributed by atoms with Gasteiger partial charge in [-0.2, -0.15) is 17.6 Å². The number of aliphatic hydroxyl groups is 2. The lowest BCUT2D eigenvalue weighted by Gasteiger charge is -2.24. The number of amides is 2. The van der Waals surface area contributed by atoms with Crippen LogP contribution >= 0.6 is 0 Å². The maximum Gasteiger partial charge on any atom is 0.395 e. The Bertz CT molecular complexity index is 307. The van der Waals surface area contributed by atoms with Crippen molar-refractivity contribution >= 4 is 11.8 Å². The molecule has 0 radical (unpaired) electrons. The highest BCUT2D eigenvalue weighted by molar-refractivity contribution is 5.95. The highest BCUT2D eigenvalue weighted by Gasteiger charge is 2.66. The average molecular weight is 304 g/mol. The monoisotopic (exact) mass is 304 g/mol. The number of carbonyl (C=O) groups is 2. The van der Waals surface area contributed by atoms with Gasteiger partial charge >= 0.3 is 11.8 Å². The van der Waals surface area contributed by atoms with Crippen LogP contribution in [0.1, 0.15) is 12.8 Å². The zero-order chi connectivity index (χ0) is 15.8. The van der Waals surface area contributed by atoms with Crippen LogP contribution in [0, 0.1) is 0 Å². The van der Waals surface area contributed by atoms with Crippen molar-refractivity contribution in [1.82, 2.24) is 10.6 Å². The van der Waals surface area contributed by atoms with Crippen molar-refractivity contribution in [2.24, 2.45) is 0 Å². The van der Waals surface area contributed by atoms with Gasteiger partial charge in [0.2, 0.25) is 0 Å². The van der Waals surface area contributed by atoms with Gasteiger partial charge < -0.3 is 20.8 Å². The Kier molecular flexibility index (Phi) is 7.43. The summed E-state index contributed by atoms with van der Waals surface area (Å²) >= 11 is 0. The second-order valence-corrected chi connectivity index (χ2v) is 3.81. The van der Waals surface area contributed by atoms with Crippen LogP contribution in [0.15, 0.2) is 0 Å². The first-order valence-corrected chi connectivity index (χ1v) is 5.75. The zero-order valence-corrected chi connectivity index (χ0v) is 10.5. The number of halogens is 4. The normalized spacial score (nSPS) is 12.1. The van der Waals surface area contributed by atoms with E-state index in [1.807, 2.05) is 0 Å². The molecule has 2 amide bonds. The first-order chi connectivity index (χ1) is 9.21. The van der Waals surface area contributed by atoms with Gasteiger partial charge in [0.1, 0.15) is 0 Å². The van der Waals surface area contributed by atoms with E-state index >= 15 is 0 Å². The topological polar surface area (TPSA) is 98.7 Å². The first-order valence-electron chi connectivity index (χ1n) is 5.75. The van der Waals surface area contributed by atoms with Crippen LogP contribution < -0.4 is 10.6 Å². The molecule has 0 aromatic rings. The molecule has 0 bridgehead atoms. The summed E-state index contributed by atoms with van der Waals surface area (Å²) in [4.78, 5) is 22.0. The number of nitrogens with one attached hydrogen (secondary N) is 2. The standard InChI is InChI=1S/C10H16F4N2O4/c11-9(12,7(19)15-3-1-5-17)10(13,14)8(20)16-4-2-6-18/h17-18H,1-6H2,(H,15,19)(H,16,20). The van der Waals surface area contributed by atoms with Crippen LogP contribution in [-0.2, 0) is 9.59 Å². The van der Waals surface area contributed by atoms with Gasteiger partial charge in [0, 0.05) is 26.3 Å². The number of alkyl halides is 4. The summed E-state index contributed by atoms with van der Waals surface area (Å²) in [6.07, 6.45) is -0.174. The molecule has 0 saturated heterocycles. The molecule has 10 heteroatoms. The fourth-order valence-electron chi connectivity index (χ4n) is 1.07. The van der Waals surface area contributed by atoms with Crippen LogP contribution in [0.3, 0.4) is 0 Å². The fourth-order valence-corrected chi connectivity index (χ4v) is 1.07. The van der Waals surface area contributed by atoms with Gasteiger partial charge in [-0.25, -0.2) is 0 Å². The molecular weight excluding hydrogens is 288 g/mol. The van der Waals surface area contributed by atoms with Crippen LogP contribution in [0.2, 0.25) is 0 Å². The molecule has 0 aromatic heterocycles. The van der Waals surface area contributed by atoms with E-state index in [9.17, 15) is 27.2 Å². The highest BCUT2D eigenvalue weighted by Crippen LogP contribution is 2.34. The van der Waals surface area contributed by atoms with Crippen LogP contribution in [-0.4, -0.2) is 60.2 Å². The summed E-state index contributed by atoms with van der Waals surface area (Å²) in [6, 6.07) is 0. The Morgan fingerprint density at radius 3 is 1.35 bits per heavy atom. The first kappa shape index (κ1) is 18.6. The van der Waals surface area contributed by atoms with Gasteiger partial charge in [-0.1, -0.05) is 0 Å². The molecule has 4 N–H and O–H groups in total. The predicted molar refractivity (Wildman–Crippen MR) is 59.3 cm³/mol. The second kappa shape index (κ2) is 8.00. The molecular formula is C10H16F4N2O4. The van der Waals surface area contributed by atoms with Crippen molar-refractivity contribution in [2.75, 3.05) is 26.3 Å². The molecule has 0 rings (SSSR count). The van der Waals surface area contributed by atoms with Crippen molar-refractivity contribution in [3.05, 3.63) is 0 Å². The third-order valence-electron chi connectivity index (χ3n) is 2.21. The van der Waals surface area contributed by atoms with Crippen molar-refractivity contribution in [2.45, 2.75) is 24.7 Å². The Labute approximate surface area is 112 Å². The van der Waals surface area contributed by atoms with Gasteiger partial charge in [0.05, 0.1) is 0 Å². The van der Waals surface area contributed by atoms with E-state index in [1.54, 1.807) is 0 Å². The van der Waals surface area contributed by atoms with Gasteiger partial charge in [0.15, 0.2) is 0 Å². The van der Waals surface area contributed by atoms with Crippen LogP contribution in [0.5, 0.6) is 0 Å². The summed E-state index contributed by atoms with van der Waals surface area (Å²) in [6.45, 7) is -1.67. The predicted octanol–water partition coefficient (Wildman–Crippen LogP) is -0.746. The molecule has 0 aliphatic rings. The summed E-state index contributed by atoms with van der Waals surface area (Å²) in [5, 5.41) is 19.8. The van der Waals surface area contributed by atoms with Crippen molar-refractivity contribution in [1.29, 1.82) is 0 Å². The maximum absolute atomic E-state index is 13.2. The molecule has 0 atom stereocenters. The van der Waals surface area contributed by atoms with E-state index in [0.717, 1.165) is 0 Å². The Hall–Kier alpha value is -1.42. The average Bonchev–Trinajstić information content (AvgIpc) is 2.38. The van der Waals surface area contributed by atoms with E-state index in [4.69, 9.17) is 10.2 Å². The van der Waals surface area contributed by atoms with Crippen molar-refractivity contribution in [3.8, 4) is 0 Å². The lowest BCUT2D eigenvalue weighted by molar-refractivity contribution is -0.211. The molecule has 0 fully saturated rings. The minimum atomic E-state index is -5.22. The van der Waals surface area contributed by atoms with E-state index in [1.165, 1.54) is 10.6 Å². The zero-order valence-electron chi connectivity index (χ0n) is 10.5. The number of hydrogen-bond donors (Lipinski definition) is 4. The number of hydrogen-bond acceptors (Lipinski definition) is 4. The minimum Gasteiger partial charge on any atom is -0.396 e. The third-order valence-corrected chi connectivity index (χ3v) is 2.21. The largest absolute Gasteiger partial charge is 0.396 e. The van der Waals surface area contributed by atoms with Gasteiger partial charge in [-0.15, -0.1) is 0 Å². The minimum absolute atomic E-state index is 0.0872. The molecule has 0 unspecified atom stereocenters. The Morgan fingerprint density at radius 2 is 1.10 bits per heavy atom. The smallest absolute Gasteiger partial charge is 0.395 e. The Morgan fingerprint density at radius 1 is 0.800 bits per heavy atom. The molecule has 0 aliphatic carbocycles. The summed E-state index contributed by atoms with van der Waals surface area (Å²) < 4.78 is 53.0. The molecule has 0 aliphatic heterocycles. The quantitative estimate of drug-likeness (QED) is 0.333. The lowest BCUT2D eigenvalue weighted by Crippen LogP contribution is -2.59. The van der Waals surface area contributed by atoms with Gasteiger partial charge in [-0.05, 0) is 12.8 Å². The van der Waals surface area contributed by atoms with Crippen molar-refractivity contribution in [3.63, 3.8) is 0 Å². The van der Waals surface area contributed by atoms with E-state index in [0.29, 0.717) is 0 Å². The van der Waals surface area contributed by atoms with Gasteiger partial charge in [0.25, 0.3) is 11.8 Å². The summed E-state index contributed by atoms with van der Waals surface area (Å²) in [5.41, 5.74) is 0. The summed E-state index contributed by atoms with van der Waals surface area (Å²) in [7, 11) is 0. The van der Waals surface area contributed by atoms with Crippen LogP contribution in [0.4, 0.5) is 17.6 Å². The second-order valence-electron chi connectivity index (χ2n) is 3.81. The number of carbonyl (C=O) groups excluding carboxylic acids is 2. The molecule has 118 valence electrons. The van der Waals surface area contributed by atoms with Gasteiger partial charge in [-0.3, -0.25) is 9.59 Å². The molecule has 0 aromatic carbocycles. The van der Waals surface area contributed by atoms with E-state index < -0.39 is 50.0 Å². The molecule has 0 saturated carbocycles. The third kappa shape index (κ3) is 4.60. The lowest BCUT2D eigenvalue weighted by atomic mass is 10.1. The van der Waals surface area contributed by atoms with Crippen molar-refractivity contribution < 1.29 is 37.4 Å². The summed E-state index contributed by atoms with van der Waals surface area (Å²) in [5.74, 6) is -15.0. The molecule has 0 spiro atoms. The number of rotatable bonds is 9. The van der Waals surface area contributed by atoms with E-state index in [2.05, 4.69) is 0 Å². The molecule has 20 heavy (non-hydrogen) atoms. The fraction of sp³-hybridized carbons (Fsp3) is 0.800. The molecule has 6 nitrogen and oxygen atoms in total. The van der Waals surface area contributed by atoms with E-state index in [-0.39, 0.29) is 12.8 Å². The molecule has 0 heterocycles. The number of aliphatic hydroxyl groups excluding tert-OH is 2. The Balaban J connectivity index is 4.68. The van der Waals surface area contributed by atoms with Crippen LogP contribution in [0.25, 0.3) is 0 Å². The SMILES string of the molecule is O=C(NCCCO)C(F)(F)C(F)(F)C(=O)NCCCO. The maximum atomic E-state index is 13.2. The highest BCUT2D eigenvalue weighted by atomic mass is 19.3.